The van der Waals surface area contributed by atoms with Crippen LogP contribution in [0.4, 0.5) is 5.82 Å². The van der Waals surface area contributed by atoms with E-state index in [0.717, 1.165) is 24.5 Å². The van der Waals surface area contributed by atoms with Crippen LogP contribution in [-0.4, -0.2) is 52.4 Å². The lowest BCUT2D eigenvalue weighted by Crippen LogP contribution is -2.36. The summed E-state index contributed by atoms with van der Waals surface area (Å²) >= 11 is 0. The van der Waals surface area contributed by atoms with Crippen LogP contribution in [0.15, 0.2) is 42.7 Å². The third-order valence-electron chi connectivity index (χ3n) is 4.28. The number of pyridine rings is 1. The number of carbonyl (C=O) groups is 1. The Kier molecular flexibility index (Phi) is 4.42. The number of fused-ring (bicyclic) bond motifs is 1. The number of ether oxygens (including phenoxy) is 1. The van der Waals surface area contributed by atoms with E-state index in [9.17, 15) is 4.79 Å². The van der Waals surface area contributed by atoms with E-state index in [-0.39, 0.29) is 0 Å². The maximum Gasteiger partial charge on any atom is 0.274 e. The number of aromatic nitrogens is 3. The van der Waals surface area contributed by atoms with Crippen molar-refractivity contribution in [3.05, 3.63) is 48.3 Å². The van der Waals surface area contributed by atoms with Crippen molar-refractivity contribution in [1.29, 1.82) is 0 Å². The molecule has 0 aliphatic carbocycles. The minimum atomic E-state index is -0.587. The number of benzene rings is 1. The first-order valence-electron chi connectivity index (χ1n) is 8.25. The van der Waals surface area contributed by atoms with Crippen LogP contribution in [0.25, 0.3) is 22.3 Å². The number of nitrogens with zero attached hydrogens (tertiary/aromatic N) is 4. The lowest BCUT2D eigenvalue weighted by molar-refractivity contribution is 0.0706. The summed E-state index contributed by atoms with van der Waals surface area (Å²) in [6.07, 6.45) is 3.45. The first kappa shape index (κ1) is 16.4. The predicted molar refractivity (Wildman–Crippen MR) is 95.1 cm³/mol. The number of amides is 1. The molecule has 0 spiro atoms. The zero-order valence-electron chi connectivity index (χ0n) is 13.9. The van der Waals surface area contributed by atoms with Crippen molar-refractivity contribution in [3.63, 3.8) is 0 Å². The van der Waals surface area contributed by atoms with E-state index in [2.05, 4.69) is 19.9 Å². The molecule has 2 N–H and O–H groups in total. The van der Waals surface area contributed by atoms with E-state index < -0.39 is 5.91 Å². The first-order valence-corrected chi connectivity index (χ1v) is 8.25. The van der Waals surface area contributed by atoms with E-state index in [1.165, 1.54) is 0 Å². The highest BCUT2D eigenvalue weighted by Crippen LogP contribution is 2.22. The molecule has 132 valence electrons. The molecule has 2 aromatic heterocycles. The van der Waals surface area contributed by atoms with Gasteiger partial charge in [-0.3, -0.25) is 15.0 Å². The van der Waals surface area contributed by atoms with Gasteiger partial charge in [-0.2, -0.15) is 0 Å². The Morgan fingerprint density at radius 3 is 2.65 bits per heavy atom. The standard InChI is InChI=1S/C18H17N5O3/c24-18(22-25)12-1-3-14-15(9-12)21-16(11-19-14)13-2-4-17(20-10-13)23-5-7-26-8-6-23/h1-4,9-11,25H,5-8H2,(H,22,24). The molecule has 3 aromatic rings. The van der Waals surface area contributed by atoms with Crippen molar-refractivity contribution in [2.75, 3.05) is 31.2 Å². The fourth-order valence-electron chi connectivity index (χ4n) is 2.87. The quantitative estimate of drug-likeness (QED) is 0.546. The Morgan fingerprint density at radius 1 is 1.08 bits per heavy atom. The highest BCUT2D eigenvalue weighted by atomic mass is 16.5. The molecule has 4 rings (SSSR count). The van der Waals surface area contributed by atoms with Gasteiger partial charge in [-0.05, 0) is 30.3 Å². The van der Waals surface area contributed by atoms with Gasteiger partial charge >= 0.3 is 0 Å². The molecule has 26 heavy (non-hydrogen) atoms. The second kappa shape index (κ2) is 7.03. The van der Waals surface area contributed by atoms with Gasteiger partial charge in [0.1, 0.15) is 5.82 Å². The zero-order chi connectivity index (χ0) is 17.9. The molecule has 1 aromatic carbocycles. The summed E-state index contributed by atoms with van der Waals surface area (Å²) in [5, 5.41) is 8.77. The van der Waals surface area contributed by atoms with Crippen LogP contribution in [0, 0.1) is 0 Å². The topological polar surface area (TPSA) is 100 Å². The van der Waals surface area contributed by atoms with Crippen LogP contribution >= 0.6 is 0 Å². The molecule has 0 atom stereocenters. The van der Waals surface area contributed by atoms with Gasteiger partial charge in [0.05, 0.1) is 36.1 Å². The highest BCUT2D eigenvalue weighted by Gasteiger charge is 2.13. The molecule has 0 saturated carbocycles. The number of nitrogens with one attached hydrogen (secondary N) is 1. The number of carbonyl (C=O) groups excluding carboxylic acids is 1. The Hall–Kier alpha value is -3.10. The van der Waals surface area contributed by atoms with E-state index >= 15 is 0 Å². The van der Waals surface area contributed by atoms with Gasteiger partial charge in [-0.1, -0.05) is 0 Å². The summed E-state index contributed by atoms with van der Waals surface area (Å²) in [6.45, 7) is 3.09. The van der Waals surface area contributed by atoms with E-state index in [0.29, 0.717) is 35.5 Å². The van der Waals surface area contributed by atoms with Crippen molar-refractivity contribution in [2.24, 2.45) is 0 Å². The van der Waals surface area contributed by atoms with E-state index in [1.54, 1.807) is 36.1 Å². The monoisotopic (exact) mass is 351 g/mol. The molecule has 3 heterocycles. The second-order valence-corrected chi connectivity index (χ2v) is 5.90. The normalized spacial score (nSPS) is 14.4. The minimum absolute atomic E-state index is 0.312. The zero-order valence-corrected chi connectivity index (χ0v) is 13.9. The molecule has 1 saturated heterocycles. The lowest BCUT2D eigenvalue weighted by Gasteiger charge is -2.27. The van der Waals surface area contributed by atoms with Crippen molar-refractivity contribution < 1.29 is 14.7 Å². The number of hydrogen-bond donors (Lipinski definition) is 2. The predicted octanol–water partition coefficient (Wildman–Crippen LogP) is 1.65. The number of anilines is 1. The largest absolute Gasteiger partial charge is 0.378 e. The van der Waals surface area contributed by atoms with Gasteiger partial charge < -0.3 is 9.64 Å². The van der Waals surface area contributed by atoms with Crippen molar-refractivity contribution in [2.45, 2.75) is 0 Å². The van der Waals surface area contributed by atoms with Gasteiger partial charge in [0, 0.05) is 30.4 Å². The summed E-state index contributed by atoms with van der Waals surface area (Å²) in [4.78, 5) is 27.2. The molecule has 0 radical (unpaired) electrons. The molecule has 1 aliphatic heterocycles. The van der Waals surface area contributed by atoms with Crippen molar-refractivity contribution in [3.8, 4) is 11.3 Å². The third kappa shape index (κ3) is 3.19. The van der Waals surface area contributed by atoms with Crippen LogP contribution < -0.4 is 10.4 Å². The molecule has 1 aliphatic rings. The average Bonchev–Trinajstić information content (AvgIpc) is 2.73. The van der Waals surface area contributed by atoms with Gasteiger partial charge in [0.15, 0.2) is 0 Å². The highest BCUT2D eigenvalue weighted by molar-refractivity contribution is 5.96. The Bertz CT molecular complexity index is 939. The molecule has 1 fully saturated rings. The summed E-state index contributed by atoms with van der Waals surface area (Å²) < 4.78 is 5.36. The average molecular weight is 351 g/mol. The lowest BCUT2D eigenvalue weighted by atomic mass is 10.1. The number of morpholine rings is 1. The number of hydroxylamine groups is 1. The maximum atomic E-state index is 11.6. The van der Waals surface area contributed by atoms with Crippen LogP contribution in [0.5, 0.6) is 0 Å². The summed E-state index contributed by atoms with van der Waals surface area (Å²) in [7, 11) is 0. The second-order valence-electron chi connectivity index (χ2n) is 5.90. The van der Waals surface area contributed by atoms with Gasteiger partial charge in [-0.25, -0.2) is 15.4 Å². The summed E-state index contributed by atoms with van der Waals surface area (Å²) in [5.41, 5.74) is 4.68. The van der Waals surface area contributed by atoms with Crippen molar-refractivity contribution in [1.82, 2.24) is 20.4 Å². The number of hydrogen-bond acceptors (Lipinski definition) is 7. The van der Waals surface area contributed by atoms with Gasteiger partial charge in [0.25, 0.3) is 5.91 Å². The van der Waals surface area contributed by atoms with Crippen LogP contribution in [0.3, 0.4) is 0 Å². The summed E-state index contributed by atoms with van der Waals surface area (Å²) in [5.74, 6) is 0.323. The Balaban J connectivity index is 1.64. The van der Waals surface area contributed by atoms with Crippen LogP contribution in [-0.2, 0) is 4.74 Å². The van der Waals surface area contributed by atoms with Crippen LogP contribution in [0.2, 0.25) is 0 Å². The van der Waals surface area contributed by atoms with Gasteiger partial charge in [0.2, 0.25) is 0 Å². The molecule has 0 bridgehead atoms. The SMILES string of the molecule is O=C(NO)c1ccc2ncc(-c3ccc(N4CCOCC4)nc3)nc2c1. The first-order chi connectivity index (χ1) is 12.7. The Morgan fingerprint density at radius 2 is 1.92 bits per heavy atom. The van der Waals surface area contributed by atoms with E-state index in [4.69, 9.17) is 9.94 Å². The minimum Gasteiger partial charge on any atom is -0.378 e. The number of rotatable bonds is 3. The molecule has 1 amide bonds. The molecular weight excluding hydrogens is 334 g/mol. The molecular formula is C18H17N5O3. The fourth-order valence-corrected chi connectivity index (χ4v) is 2.87. The molecule has 8 nitrogen and oxygen atoms in total. The van der Waals surface area contributed by atoms with Crippen LogP contribution in [0.1, 0.15) is 10.4 Å². The molecule has 8 heteroatoms. The summed E-state index contributed by atoms with van der Waals surface area (Å²) in [6, 6.07) is 8.78. The fraction of sp³-hybridized carbons (Fsp3) is 0.222. The smallest absolute Gasteiger partial charge is 0.274 e. The van der Waals surface area contributed by atoms with Gasteiger partial charge in [-0.15, -0.1) is 0 Å². The molecule has 0 unspecified atom stereocenters. The third-order valence-corrected chi connectivity index (χ3v) is 4.28. The van der Waals surface area contributed by atoms with Crippen molar-refractivity contribution >= 4 is 22.8 Å². The Labute approximate surface area is 149 Å². The maximum absolute atomic E-state index is 11.6. The van der Waals surface area contributed by atoms with E-state index in [1.807, 2.05) is 12.1 Å².